The van der Waals surface area contributed by atoms with Crippen molar-refractivity contribution in [3.8, 4) is 0 Å². The first-order chi connectivity index (χ1) is 17.1. The van der Waals surface area contributed by atoms with Crippen LogP contribution in [0.4, 0.5) is 11.4 Å². The summed E-state index contributed by atoms with van der Waals surface area (Å²) in [6.45, 7) is 0. The molecular formula is C27H24N4O3S. The fraction of sp³-hybridized carbons (Fsp3) is 0.185. The van der Waals surface area contributed by atoms with Gasteiger partial charge in [-0.25, -0.2) is 0 Å². The Morgan fingerprint density at radius 3 is 2.34 bits per heavy atom. The first-order valence-electron chi connectivity index (χ1n) is 11.5. The summed E-state index contributed by atoms with van der Waals surface area (Å²) < 4.78 is 0. The Morgan fingerprint density at radius 2 is 1.63 bits per heavy atom. The summed E-state index contributed by atoms with van der Waals surface area (Å²) in [5.74, 6) is -0.00341. The highest BCUT2D eigenvalue weighted by atomic mass is 32.2. The summed E-state index contributed by atoms with van der Waals surface area (Å²) >= 11 is 1.38. The molecule has 1 unspecified atom stereocenters. The molecule has 1 aliphatic carbocycles. The minimum Gasteiger partial charge on any atom is -0.326 e. The molecule has 1 heterocycles. The van der Waals surface area contributed by atoms with Crippen molar-refractivity contribution in [2.24, 2.45) is 11.0 Å². The second-order valence-electron chi connectivity index (χ2n) is 8.45. The van der Waals surface area contributed by atoms with Crippen LogP contribution in [0.1, 0.15) is 30.1 Å². The van der Waals surface area contributed by atoms with E-state index < -0.39 is 5.25 Å². The van der Waals surface area contributed by atoms with Gasteiger partial charge in [0.25, 0.3) is 5.91 Å². The van der Waals surface area contributed by atoms with E-state index in [0.29, 0.717) is 17.2 Å². The zero-order valence-corrected chi connectivity index (χ0v) is 19.7. The van der Waals surface area contributed by atoms with Crippen LogP contribution in [-0.4, -0.2) is 23.6 Å². The Bertz CT molecular complexity index is 1280. The number of hydrazone groups is 1. The maximum Gasteiger partial charge on any atom is 0.255 e. The van der Waals surface area contributed by atoms with Crippen molar-refractivity contribution in [3.63, 3.8) is 0 Å². The third-order valence-electron chi connectivity index (χ3n) is 5.69. The highest BCUT2D eigenvalue weighted by Crippen LogP contribution is 2.37. The van der Waals surface area contributed by atoms with Crippen LogP contribution in [0.3, 0.4) is 0 Å². The van der Waals surface area contributed by atoms with Gasteiger partial charge in [0.15, 0.2) is 0 Å². The molecule has 3 aromatic carbocycles. The third kappa shape index (κ3) is 5.60. The summed E-state index contributed by atoms with van der Waals surface area (Å²) in [7, 11) is 0. The highest BCUT2D eigenvalue weighted by molar-refractivity contribution is 8.00. The summed E-state index contributed by atoms with van der Waals surface area (Å²) in [6, 6.07) is 26.1. The molecule has 2 aliphatic rings. The molecule has 1 aliphatic heterocycles. The van der Waals surface area contributed by atoms with Gasteiger partial charge in [0.05, 0.1) is 12.1 Å². The molecule has 0 saturated heterocycles. The lowest BCUT2D eigenvalue weighted by Gasteiger charge is -2.17. The van der Waals surface area contributed by atoms with Crippen molar-refractivity contribution in [1.82, 2.24) is 5.32 Å². The SMILES string of the molecule is O=C(Nc1cccc(SC(C(=O)NC2=NN(c3ccccc3)C(=O)C2)c2ccccc2)c1)C1CC1. The molecule has 35 heavy (non-hydrogen) atoms. The zero-order valence-electron chi connectivity index (χ0n) is 18.9. The number of anilines is 2. The second kappa shape index (κ2) is 10.1. The average molecular weight is 485 g/mol. The molecule has 0 spiro atoms. The van der Waals surface area contributed by atoms with Crippen molar-refractivity contribution in [3.05, 3.63) is 90.5 Å². The number of nitrogens with one attached hydrogen (secondary N) is 2. The smallest absolute Gasteiger partial charge is 0.255 e. The van der Waals surface area contributed by atoms with Gasteiger partial charge in [-0.2, -0.15) is 10.1 Å². The predicted molar refractivity (Wildman–Crippen MR) is 137 cm³/mol. The van der Waals surface area contributed by atoms with Gasteiger partial charge >= 0.3 is 0 Å². The predicted octanol–water partition coefficient (Wildman–Crippen LogP) is 4.74. The fourth-order valence-electron chi connectivity index (χ4n) is 3.75. The molecule has 1 fully saturated rings. The minimum atomic E-state index is -0.575. The summed E-state index contributed by atoms with van der Waals surface area (Å²) in [6.07, 6.45) is 1.89. The van der Waals surface area contributed by atoms with Crippen LogP contribution in [0.15, 0.2) is 94.9 Å². The number of hydrogen-bond acceptors (Lipinski definition) is 5. The molecule has 7 nitrogen and oxygen atoms in total. The van der Waals surface area contributed by atoms with Crippen LogP contribution in [-0.2, 0) is 14.4 Å². The normalized spacial score (nSPS) is 15.9. The zero-order chi connectivity index (χ0) is 24.2. The van der Waals surface area contributed by atoms with E-state index in [1.165, 1.54) is 16.8 Å². The number of hydrogen-bond donors (Lipinski definition) is 2. The van der Waals surface area contributed by atoms with Crippen molar-refractivity contribution >= 4 is 46.7 Å². The number of rotatable bonds is 7. The molecule has 2 N–H and O–H groups in total. The summed E-state index contributed by atoms with van der Waals surface area (Å²) in [4.78, 5) is 38.9. The standard InChI is InChI=1S/C27H24N4O3S/c32-24-17-23(30-31(24)21-11-5-2-6-12-21)29-27(34)25(18-8-3-1-4-9-18)35-22-13-7-10-20(16-22)28-26(33)19-14-15-19/h1-13,16,19,25H,14-15,17H2,(H,28,33)(H,29,30,34). The molecule has 3 amide bonds. The summed E-state index contributed by atoms with van der Waals surface area (Å²) in [5, 5.41) is 10.9. The lowest BCUT2D eigenvalue weighted by atomic mass is 10.1. The number of carbonyl (C=O) groups is 3. The number of amidine groups is 1. The van der Waals surface area contributed by atoms with E-state index in [1.807, 2.05) is 72.8 Å². The molecule has 0 radical (unpaired) electrons. The number of amides is 3. The van der Waals surface area contributed by atoms with Crippen molar-refractivity contribution < 1.29 is 14.4 Å². The van der Waals surface area contributed by atoms with Gasteiger partial charge in [-0.1, -0.05) is 54.6 Å². The average Bonchev–Trinajstić information content (AvgIpc) is 3.67. The Hall–Kier alpha value is -3.91. The second-order valence-corrected chi connectivity index (χ2v) is 9.63. The van der Waals surface area contributed by atoms with Gasteiger partial charge in [0.2, 0.25) is 11.8 Å². The van der Waals surface area contributed by atoms with Gasteiger partial charge in [-0.05, 0) is 48.7 Å². The maximum atomic E-state index is 13.4. The lowest BCUT2D eigenvalue weighted by molar-refractivity contribution is -0.119. The summed E-state index contributed by atoms with van der Waals surface area (Å²) in [5.41, 5.74) is 2.19. The van der Waals surface area contributed by atoms with Gasteiger partial charge in [-0.15, -0.1) is 11.8 Å². The molecule has 8 heteroatoms. The van der Waals surface area contributed by atoms with E-state index >= 15 is 0 Å². The van der Waals surface area contributed by atoms with E-state index in [9.17, 15) is 14.4 Å². The van der Waals surface area contributed by atoms with Gasteiger partial charge in [0.1, 0.15) is 11.1 Å². The van der Waals surface area contributed by atoms with Gasteiger partial charge in [-0.3, -0.25) is 14.4 Å². The van der Waals surface area contributed by atoms with E-state index in [0.717, 1.165) is 23.3 Å². The van der Waals surface area contributed by atoms with Crippen molar-refractivity contribution in [1.29, 1.82) is 0 Å². The maximum absolute atomic E-state index is 13.4. The largest absolute Gasteiger partial charge is 0.326 e. The van der Waals surface area contributed by atoms with E-state index in [2.05, 4.69) is 15.7 Å². The van der Waals surface area contributed by atoms with Crippen LogP contribution >= 0.6 is 11.8 Å². The van der Waals surface area contributed by atoms with E-state index in [1.54, 1.807) is 12.1 Å². The first-order valence-corrected chi connectivity index (χ1v) is 12.3. The molecule has 3 aromatic rings. The first kappa shape index (κ1) is 22.9. The molecular weight excluding hydrogens is 460 g/mol. The third-order valence-corrected chi connectivity index (χ3v) is 6.94. The lowest BCUT2D eigenvalue weighted by Crippen LogP contribution is -2.33. The highest BCUT2D eigenvalue weighted by Gasteiger charge is 2.31. The quantitative estimate of drug-likeness (QED) is 0.474. The van der Waals surface area contributed by atoms with Crippen LogP contribution < -0.4 is 15.6 Å². The molecule has 1 saturated carbocycles. The van der Waals surface area contributed by atoms with E-state index in [-0.39, 0.29) is 30.1 Å². The molecule has 5 rings (SSSR count). The number of thioether (sulfide) groups is 1. The molecule has 1 atom stereocenters. The van der Waals surface area contributed by atoms with Crippen LogP contribution in [0.25, 0.3) is 0 Å². The number of benzene rings is 3. The van der Waals surface area contributed by atoms with Crippen molar-refractivity contribution in [2.45, 2.75) is 29.4 Å². The Morgan fingerprint density at radius 1 is 0.914 bits per heavy atom. The monoisotopic (exact) mass is 484 g/mol. The molecule has 0 bridgehead atoms. The molecule has 176 valence electrons. The minimum absolute atomic E-state index is 0.0233. The Kier molecular flexibility index (Phi) is 6.63. The van der Waals surface area contributed by atoms with Crippen molar-refractivity contribution in [2.75, 3.05) is 10.3 Å². The number of nitrogens with zero attached hydrogens (tertiary/aromatic N) is 2. The number of carbonyl (C=O) groups excluding carboxylic acids is 3. The topological polar surface area (TPSA) is 90.9 Å². The van der Waals surface area contributed by atoms with E-state index in [4.69, 9.17) is 0 Å². The van der Waals surface area contributed by atoms with Crippen LogP contribution in [0.5, 0.6) is 0 Å². The van der Waals surface area contributed by atoms with Gasteiger partial charge < -0.3 is 10.6 Å². The van der Waals surface area contributed by atoms with Crippen LogP contribution in [0, 0.1) is 5.92 Å². The molecule has 0 aromatic heterocycles. The van der Waals surface area contributed by atoms with Crippen LogP contribution in [0.2, 0.25) is 0 Å². The Balaban J connectivity index is 1.34. The fourth-order valence-corrected chi connectivity index (χ4v) is 4.84. The number of para-hydroxylation sites is 1. The Labute approximate surface area is 207 Å². The van der Waals surface area contributed by atoms with Gasteiger partial charge in [0, 0.05) is 16.5 Å².